The predicted molar refractivity (Wildman–Crippen MR) is 72.5 cm³/mol. The van der Waals surface area contributed by atoms with Crippen LogP contribution in [0.1, 0.15) is 23.7 Å². The van der Waals surface area contributed by atoms with Crippen LogP contribution in [0.4, 0.5) is 4.39 Å². The zero-order valence-electron chi connectivity index (χ0n) is 10.5. The van der Waals surface area contributed by atoms with Gasteiger partial charge in [-0.05, 0) is 30.5 Å². The second-order valence-electron chi connectivity index (χ2n) is 4.62. The first-order valence-electron chi connectivity index (χ1n) is 6.30. The minimum absolute atomic E-state index is 0.0829. The van der Waals surface area contributed by atoms with Crippen molar-refractivity contribution in [2.45, 2.75) is 29.3 Å². The fraction of sp³-hybridized carbons (Fsp3) is 0.308. The molecular weight excluding hydrogens is 279 g/mol. The highest BCUT2D eigenvalue weighted by Gasteiger charge is 2.29. The Balaban J connectivity index is 1.81. The summed E-state index contributed by atoms with van der Waals surface area (Å²) in [6.45, 7) is 0. The quantitative estimate of drug-likeness (QED) is 0.828. The van der Waals surface area contributed by atoms with Crippen molar-refractivity contribution in [2.75, 3.05) is 0 Å². The van der Waals surface area contributed by atoms with Crippen LogP contribution in [-0.2, 0) is 4.79 Å². The second kappa shape index (κ2) is 5.62. The summed E-state index contributed by atoms with van der Waals surface area (Å²) in [4.78, 5) is 16.3. The molecule has 3 rings (SSSR count). The maximum Gasteiger partial charge on any atom is 0.238 e. The van der Waals surface area contributed by atoms with E-state index in [0.29, 0.717) is 5.16 Å². The molecule has 1 aromatic heterocycles. The molecule has 0 saturated heterocycles. The summed E-state index contributed by atoms with van der Waals surface area (Å²) in [5, 5.41) is 9.54. The lowest BCUT2D eigenvalue weighted by molar-refractivity contribution is -0.120. The van der Waals surface area contributed by atoms with E-state index >= 15 is 0 Å². The Kier molecular flexibility index (Phi) is 3.68. The highest BCUT2D eigenvalue weighted by atomic mass is 32.2. The minimum atomic E-state index is -0.468. The van der Waals surface area contributed by atoms with E-state index in [0.717, 1.165) is 18.4 Å². The van der Waals surface area contributed by atoms with Gasteiger partial charge < -0.3 is 5.32 Å². The van der Waals surface area contributed by atoms with Gasteiger partial charge in [0.25, 0.3) is 0 Å². The number of hydrogen-bond acceptors (Lipinski definition) is 4. The number of carbonyl (C=O) groups is 1. The van der Waals surface area contributed by atoms with Gasteiger partial charge in [-0.25, -0.2) is 9.37 Å². The van der Waals surface area contributed by atoms with Crippen LogP contribution in [0.15, 0.2) is 35.7 Å². The number of aromatic nitrogens is 3. The van der Waals surface area contributed by atoms with Crippen molar-refractivity contribution in [2.24, 2.45) is 0 Å². The Labute approximate surface area is 119 Å². The normalized spacial score (nSPS) is 15.8. The van der Waals surface area contributed by atoms with Gasteiger partial charge >= 0.3 is 0 Å². The van der Waals surface area contributed by atoms with Gasteiger partial charge in [0.05, 0.1) is 0 Å². The molecule has 20 heavy (non-hydrogen) atoms. The molecule has 0 spiro atoms. The van der Waals surface area contributed by atoms with E-state index in [1.165, 1.54) is 30.2 Å². The second-order valence-corrected chi connectivity index (χ2v) is 5.72. The Bertz CT molecular complexity index is 583. The Morgan fingerprint density at radius 2 is 2.15 bits per heavy atom. The van der Waals surface area contributed by atoms with Gasteiger partial charge in [-0.1, -0.05) is 23.9 Å². The van der Waals surface area contributed by atoms with Crippen molar-refractivity contribution in [3.8, 4) is 0 Å². The van der Waals surface area contributed by atoms with Crippen LogP contribution < -0.4 is 5.32 Å². The SMILES string of the molecule is O=C(NC1CC1)[C@H](Sc1ncn[nH]1)c1ccc(F)cc1. The number of carbonyl (C=O) groups excluding carboxylic acids is 1. The summed E-state index contributed by atoms with van der Waals surface area (Å²) in [5.41, 5.74) is 0.742. The monoisotopic (exact) mass is 292 g/mol. The average Bonchev–Trinajstić information content (AvgIpc) is 3.10. The third-order valence-corrected chi connectivity index (χ3v) is 4.10. The third kappa shape index (κ3) is 3.16. The van der Waals surface area contributed by atoms with E-state index in [9.17, 15) is 9.18 Å². The van der Waals surface area contributed by atoms with Crippen molar-refractivity contribution in [1.82, 2.24) is 20.5 Å². The standard InChI is InChI=1S/C13H13FN4OS/c14-9-3-1-8(2-4-9)11(12(19)17-10-5-6-10)20-13-15-7-16-18-13/h1-4,7,10-11H,5-6H2,(H,17,19)(H,15,16,18)/t11-/m1/s1. The van der Waals surface area contributed by atoms with Crippen molar-refractivity contribution < 1.29 is 9.18 Å². The van der Waals surface area contributed by atoms with Crippen LogP contribution in [0.25, 0.3) is 0 Å². The van der Waals surface area contributed by atoms with Crippen LogP contribution in [0.5, 0.6) is 0 Å². The fourth-order valence-corrected chi connectivity index (χ4v) is 2.68. The molecule has 1 fully saturated rings. The van der Waals surface area contributed by atoms with Gasteiger partial charge in [-0.3, -0.25) is 9.89 Å². The molecule has 104 valence electrons. The molecule has 1 heterocycles. The molecule has 1 aromatic carbocycles. The first-order chi connectivity index (χ1) is 9.72. The third-order valence-electron chi connectivity index (χ3n) is 2.96. The fourth-order valence-electron chi connectivity index (χ4n) is 1.78. The largest absolute Gasteiger partial charge is 0.352 e. The molecule has 7 heteroatoms. The molecule has 0 bridgehead atoms. The van der Waals surface area contributed by atoms with Gasteiger partial charge in [0.2, 0.25) is 5.91 Å². The van der Waals surface area contributed by atoms with Crippen LogP contribution >= 0.6 is 11.8 Å². The number of aromatic amines is 1. The molecule has 1 amide bonds. The summed E-state index contributed by atoms with van der Waals surface area (Å²) in [7, 11) is 0. The zero-order chi connectivity index (χ0) is 13.9. The number of nitrogens with zero attached hydrogens (tertiary/aromatic N) is 2. The number of nitrogens with one attached hydrogen (secondary N) is 2. The van der Waals surface area contributed by atoms with E-state index in [4.69, 9.17) is 0 Å². The molecule has 1 aliphatic rings. The zero-order valence-corrected chi connectivity index (χ0v) is 11.4. The Morgan fingerprint density at radius 3 is 2.75 bits per heavy atom. The van der Waals surface area contributed by atoms with E-state index in [1.807, 2.05) is 0 Å². The topological polar surface area (TPSA) is 70.7 Å². The van der Waals surface area contributed by atoms with Gasteiger partial charge in [0.15, 0.2) is 5.16 Å². The number of rotatable bonds is 5. The van der Waals surface area contributed by atoms with E-state index in [-0.39, 0.29) is 17.8 Å². The van der Waals surface area contributed by atoms with Crippen molar-refractivity contribution in [1.29, 1.82) is 0 Å². The van der Waals surface area contributed by atoms with Crippen LogP contribution in [-0.4, -0.2) is 27.1 Å². The molecule has 2 N–H and O–H groups in total. The highest BCUT2D eigenvalue weighted by molar-refractivity contribution is 8.00. The number of benzene rings is 1. The molecule has 0 radical (unpaired) electrons. The Hall–Kier alpha value is -1.89. The molecule has 1 saturated carbocycles. The number of halogens is 1. The van der Waals surface area contributed by atoms with E-state index < -0.39 is 5.25 Å². The lowest BCUT2D eigenvalue weighted by Gasteiger charge is -2.15. The summed E-state index contributed by atoms with van der Waals surface area (Å²) in [6, 6.07) is 6.23. The van der Waals surface area contributed by atoms with Gasteiger partial charge in [0, 0.05) is 6.04 Å². The molecule has 1 atom stereocenters. The summed E-state index contributed by atoms with van der Waals surface area (Å²) in [5.74, 6) is -0.403. The maximum atomic E-state index is 13.0. The molecule has 2 aromatic rings. The summed E-state index contributed by atoms with van der Waals surface area (Å²) >= 11 is 1.27. The van der Waals surface area contributed by atoms with Crippen LogP contribution in [0.3, 0.4) is 0 Å². The van der Waals surface area contributed by atoms with Crippen LogP contribution in [0, 0.1) is 5.82 Å². The smallest absolute Gasteiger partial charge is 0.238 e. The molecular formula is C13H13FN4OS. The average molecular weight is 292 g/mol. The minimum Gasteiger partial charge on any atom is -0.352 e. The summed E-state index contributed by atoms with van der Waals surface area (Å²) in [6.07, 6.45) is 3.44. The summed E-state index contributed by atoms with van der Waals surface area (Å²) < 4.78 is 13.0. The van der Waals surface area contributed by atoms with Gasteiger partial charge in [-0.15, -0.1) is 0 Å². The van der Waals surface area contributed by atoms with Crippen molar-refractivity contribution in [3.05, 3.63) is 42.0 Å². The predicted octanol–water partition coefficient (Wildman–Crippen LogP) is 2.06. The lowest BCUT2D eigenvalue weighted by Crippen LogP contribution is -2.29. The number of H-pyrrole nitrogens is 1. The number of amides is 1. The maximum absolute atomic E-state index is 13.0. The van der Waals surface area contributed by atoms with Crippen molar-refractivity contribution >= 4 is 17.7 Å². The number of hydrogen-bond donors (Lipinski definition) is 2. The highest BCUT2D eigenvalue weighted by Crippen LogP contribution is 2.34. The van der Waals surface area contributed by atoms with E-state index in [1.54, 1.807) is 12.1 Å². The number of thioether (sulfide) groups is 1. The molecule has 5 nitrogen and oxygen atoms in total. The molecule has 1 aliphatic carbocycles. The molecule has 0 unspecified atom stereocenters. The first kappa shape index (κ1) is 13.1. The molecule has 0 aliphatic heterocycles. The van der Waals surface area contributed by atoms with Crippen LogP contribution in [0.2, 0.25) is 0 Å². The van der Waals surface area contributed by atoms with Gasteiger partial charge in [-0.2, -0.15) is 5.10 Å². The first-order valence-corrected chi connectivity index (χ1v) is 7.18. The van der Waals surface area contributed by atoms with Gasteiger partial charge in [0.1, 0.15) is 17.4 Å². The van der Waals surface area contributed by atoms with Crippen molar-refractivity contribution in [3.63, 3.8) is 0 Å². The lowest BCUT2D eigenvalue weighted by atomic mass is 10.1. The van der Waals surface area contributed by atoms with E-state index in [2.05, 4.69) is 20.5 Å². The Morgan fingerprint density at radius 1 is 1.40 bits per heavy atom.